The third-order valence-electron chi connectivity index (χ3n) is 1.74. The number of ether oxygens (including phenoxy) is 1. The normalized spacial score (nSPS) is 11.3. The molecule has 0 aliphatic heterocycles. The molecule has 0 aliphatic carbocycles. The summed E-state index contributed by atoms with van der Waals surface area (Å²) in [5.74, 6) is 1.15. The second-order valence-corrected chi connectivity index (χ2v) is 3.13. The number of nitrogens with zero attached hydrogens (tertiary/aromatic N) is 2. The Morgan fingerprint density at radius 3 is 2.65 bits per heavy atom. The van der Waals surface area contributed by atoms with Crippen molar-refractivity contribution in [1.82, 2.24) is 9.97 Å². The van der Waals surface area contributed by atoms with Gasteiger partial charge in [0.25, 0.3) is 0 Å². The van der Waals surface area contributed by atoms with Gasteiger partial charge in [-0.2, -0.15) is 13.2 Å². The first kappa shape index (κ1) is 13.5. The Labute approximate surface area is 96.4 Å². The van der Waals surface area contributed by atoms with Gasteiger partial charge < -0.3 is 15.4 Å². The molecule has 1 rings (SSSR count). The quantitative estimate of drug-likeness (QED) is 0.749. The molecule has 0 atom stereocenters. The van der Waals surface area contributed by atoms with Crippen LogP contribution in [0, 0.1) is 0 Å². The van der Waals surface area contributed by atoms with Crippen molar-refractivity contribution >= 4 is 11.6 Å². The second kappa shape index (κ2) is 6.24. The second-order valence-electron chi connectivity index (χ2n) is 3.13. The number of rotatable bonds is 6. The van der Waals surface area contributed by atoms with Gasteiger partial charge in [-0.15, -0.1) is 0 Å². The highest BCUT2D eigenvalue weighted by Gasteiger charge is 2.27. The summed E-state index contributed by atoms with van der Waals surface area (Å²) in [6.07, 6.45) is -2.93. The van der Waals surface area contributed by atoms with Gasteiger partial charge in [-0.1, -0.05) is 0 Å². The standard InChI is InChI=1S/C9H13F3N4O/c1-13-7-4-8(16-6-15-7)14-2-3-17-5-9(10,11)12/h4,6H,2-3,5H2,1H3,(H2,13,14,15,16). The van der Waals surface area contributed by atoms with Crippen molar-refractivity contribution in [1.29, 1.82) is 0 Å². The van der Waals surface area contributed by atoms with Gasteiger partial charge in [0.05, 0.1) is 6.61 Å². The summed E-state index contributed by atoms with van der Waals surface area (Å²) < 4.78 is 39.6. The van der Waals surface area contributed by atoms with E-state index in [0.29, 0.717) is 11.6 Å². The molecule has 0 bridgehead atoms. The fourth-order valence-electron chi connectivity index (χ4n) is 1.03. The highest BCUT2D eigenvalue weighted by molar-refractivity contribution is 5.45. The summed E-state index contributed by atoms with van der Waals surface area (Å²) in [6, 6.07) is 1.64. The van der Waals surface area contributed by atoms with E-state index in [1.54, 1.807) is 13.1 Å². The van der Waals surface area contributed by atoms with Gasteiger partial charge >= 0.3 is 6.18 Å². The van der Waals surface area contributed by atoms with E-state index in [1.807, 2.05) is 0 Å². The molecule has 0 aromatic carbocycles. The maximum absolute atomic E-state index is 11.7. The summed E-state index contributed by atoms with van der Waals surface area (Å²) >= 11 is 0. The van der Waals surface area contributed by atoms with Gasteiger partial charge in [0.15, 0.2) is 0 Å². The predicted octanol–water partition coefficient (Wildman–Crippen LogP) is 1.51. The topological polar surface area (TPSA) is 59.1 Å². The molecular formula is C9H13F3N4O. The summed E-state index contributed by atoms with van der Waals surface area (Å²) in [6.45, 7) is -1.03. The van der Waals surface area contributed by atoms with Crippen LogP contribution in [0.3, 0.4) is 0 Å². The third-order valence-corrected chi connectivity index (χ3v) is 1.74. The van der Waals surface area contributed by atoms with E-state index in [9.17, 15) is 13.2 Å². The van der Waals surface area contributed by atoms with Crippen LogP contribution in [-0.4, -0.2) is 43.0 Å². The zero-order valence-corrected chi connectivity index (χ0v) is 9.21. The van der Waals surface area contributed by atoms with Gasteiger partial charge in [0.1, 0.15) is 24.6 Å². The predicted molar refractivity (Wildman–Crippen MR) is 56.9 cm³/mol. The fourth-order valence-corrected chi connectivity index (χ4v) is 1.03. The zero-order chi connectivity index (χ0) is 12.7. The van der Waals surface area contributed by atoms with E-state index < -0.39 is 12.8 Å². The Morgan fingerprint density at radius 1 is 1.29 bits per heavy atom. The lowest BCUT2D eigenvalue weighted by Crippen LogP contribution is -2.20. The maximum atomic E-state index is 11.7. The maximum Gasteiger partial charge on any atom is 0.411 e. The van der Waals surface area contributed by atoms with Crippen LogP contribution in [0.5, 0.6) is 0 Å². The van der Waals surface area contributed by atoms with Gasteiger partial charge in [-0.25, -0.2) is 9.97 Å². The Bertz CT molecular complexity index is 345. The van der Waals surface area contributed by atoms with Crippen molar-refractivity contribution in [2.75, 3.05) is 37.4 Å². The minimum atomic E-state index is -4.28. The lowest BCUT2D eigenvalue weighted by molar-refractivity contribution is -0.172. The highest BCUT2D eigenvalue weighted by Crippen LogP contribution is 2.14. The van der Waals surface area contributed by atoms with Gasteiger partial charge in [0, 0.05) is 19.7 Å². The minimum Gasteiger partial charge on any atom is -0.373 e. The number of hydrogen-bond acceptors (Lipinski definition) is 5. The van der Waals surface area contributed by atoms with Crippen LogP contribution < -0.4 is 10.6 Å². The smallest absolute Gasteiger partial charge is 0.373 e. The molecule has 0 saturated heterocycles. The Kier molecular flexibility index (Phi) is 4.95. The first-order valence-electron chi connectivity index (χ1n) is 4.89. The molecule has 1 aromatic rings. The summed E-state index contributed by atoms with van der Waals surface area (Å²) in [5.41, 5.74) is 0. The highest BCUT2D eigenvalue weighted by atomic mass is 19.4. The molecule has 0 saturated carbocycles. The van der Waals surface area contributed by atoms with Crippen LogP contribution in [0.15, 0.2) is 12.4 Å². The molecule has 0 radical (unpaired) electrons. The lowest BCUT2D eigenvalue weighted by Gasteiger charge is -2.09. The van der Waals surface area contributed by atoms with Gasteiger partial charge in [-0.3, -0.25) is 0 Å². The zero-order valence-electron chi connectivity index (χ0n) is 9.21. The van der Waals surface area contributed by atoms with Crippen LogP contribution in [0.4, 0.5) is 24.8 Å². The largest absolute Gasteiger partial charge is 0.411 e. The van der Waals surface area contributed by atoms with Crippen molar-refractivity contribution in [2.45, 2.75) is 6.18 Å². The molecule has 8 heteroatoms. The van der Waals surface area contributed by atoms with E-state index in [-0.39, 0.29) is 13.2 Å². The number of anilines is 2. The Morgan fingerprint density at radius 2 is 2.00 bits per heavy atom. The molecular weight excluding hydrogens is 237 g/mol. The van der Waals surface area contributed by atoms with Gasteiger partial charge in [0.2, 0.25) is 0 Å². The number of alkyl halides is 3. The molecule has 1 heterocycles. The molecule has 1 aromatic heterocycles. The molecule has 17 heavy (non-hydrogen) atoms. The molecule has 0 unspecified atom stereocenters. The molecule has 0 aliphatic rings. The van der Waals surface area contributed by atoms with Crippen LogP contribution in [0.25, 0.3) is 0 Å². The van der Waals surface area contributed by atoms with Crippen molar-refractivity contribution in [3.63, 3.8) is 0 Å². The average molecular weight is 250 g/mol. The first-order valence-corrected chi connectivity index (χ1v) is 4.89. The molecule has 2 N–H and O–H groups in total. The number of halogens is 3. The van der Waals surface area contributed by atoms with E-state index in [4.69, 9.17) is 0 Å². The van der Waals surface area contributed by atoms with Crippen molar-refractivity contribution in [2.24, 2.45) is 0 Å². The van der Waals surface area contributed by atoms with E-state index in [1.165, 1.54) is 6.33 Å². The molecule has 96 valence electrons. The minimum absolute atomic E-state index is 0.0433. The SMILES string of the molecule is CNc1cc(NCCOCC(F)(F)F)ncn1. The van der Waals surface area contributed by atoms with E-state index in [2.05, 4.69) is 25.3 Å². The van der Waals surface area contributed by atoms with Crippen molar-refractivity contribution in [3.05, 3.63) is 12.4 Å². The first-order chi connectivity index (χ1) is 8.01. The molecule has 5 nitrogen and oxygen atoms in total. The van der Waals surface area contributed by atoms with Crippen LogP contribution in [-0.2, 0) is 4.74 Å². The lowest BCUT2D eigenvalue weighted by atomic mass is 10.5. The van der Waals surface area contributed by atoms with E-state index in [0.717, 1.165) is 0 Å². The summed E-state index contributed by atoms with van der Waals surface area (Å²) in [4.78, 5) is 7.79. The van der Waals surface area contributed by atoms with Gasteiger partial charge in [-0.05, 0) is 0 Å². The van der Waals surface area contributed by atoms with E-state index >= 15 is 0 Å². The van der Waals surface area contributed by atoms with Crippen LogP contribution in [0.2, 0.25) is 0 Å². The molecule has 0 fully saturated rings. The van der Waals surface area contributed by atoms with Crippen molar-refractivity contribution in [3.8, 4) is 0 Å². The number of hydrogen-bond donors (Lipinski definition) is 2. The monoisotopic (exact) mass is 250 g/mol. The fraction of sp³-hybridized carbons (Fsp3) is 0.556. The average Bonchev–Trinajstić information content (AvgIpc) is 2.27. The Hall–Kier alpha value is -1.57. The summed E-state index contributed by atoms with van der Waals surface area (Å²) in [5, 5.41) is 5.64. The summed E-state index contributed by atoms with van der Waals surface area (Å²) in [7, 11) is 1.71. The van der Waals surface area contributed by atoms with Crippen LogP contribution >= 0.6 is 0 Å². The Balaban J connectivity index is 2.22. The van der Waals surface area contributed by atoms with Crippen LogP contribution in [0.1, 0.15) is 0 Å². The number of aromatic nitrogens is 2. The molecule has 0 spiro atoms. The third kappa shape index (κ3) is 5.91. The number of nitrogens with one attached hydrogen (secondary N) is 2. The van der Waals surface area contributed by atoms with Crippen molar-refractivity contribution < 1.29 is 17.9 Å². The molecule has 0 amide bonds.